The first-order chi connectivity index (χ1) is 7.69. The predicted molar refractivity (Wildman–Crippen MR) is 62.7 cm³/mol. The Morgan fingerprint density at radius 3 is 2.88 bits per heavy atom. The Labute approximate surface area is 94.3 Å². The van der Waals surface area contributed by atoms with Crippen molar-refractivity contribution in [1.82, 2.24) is 14.7 Å². The van der Waals surface area contributed by atoms with Gasteiger partial charge in [-0.05, 0) is 19.1 Å². The van der Waals surface area contributed by atoms with Crippen molar-refractivity contribution in [2.45, 2.75) is 20.3 Å². The van der Waals surface area contributed by atoms with Gasteiger partial charge in [-0.2, -0.15) is 0 Å². The van der Waals surface area contributed by atoms with Gasteiger partial charge in [0.05, 0.1) is 5.52 Å². The minimum Gasteiger partial charge on any atom is -0.354 e. The van der Waals surface area contributed by atoms with Crippen LogP contribution in [0.4, 0.5) is 0 Å². The summed E-state index contributed by atoms with van der Waals surface area (Å²) in [6.07, 6.45) is 0.809. The molecule has 0 aliphatic rings. The number of carbonyl (C=O) groups is 1. The van der Waals surface area contributed by atoms with Gasteiger partial charge in [0.2, 0.25) is 0 Å². The number of carbonyl (C=O) groups excluding carboxylic acids is 1. The highest BCUT2D eigenvalue weighted by Crippen LogP contribution is 2.16. The maximum absolute atomic E-state index is 11.7. The fraction of sp³-hybridized carbons (Fsp3) is 0.333. The van der Waals surface area contributed by atoms with E-state index in [9.17, 15) is 4.79 Å². The van der Waals surface area contributed by atoms with Crippen molar-refractivity contribution in [3.63, 3.8) is 0 Å². The van der Waals surface area contributed by atoms with Crippen LogP contribution in [0, 0.1) is 6.92 Å². The van der Waals surface area contributed by atoms with Gasteiger partial charge in [-0.15, -0.1) is 0 Å². The molecule has 0 spiro atoms. The second kappa shape index (κ2) is 3.96. The van der Waals surface area contributed by atoms with Gasteiger partial charge in [0, 0.05) is 19.2 Å². The molecule has 1 amide bonds. The molecule has 2 rings (SSSR count). The van der Waals surface area contributed by atoms with Crippen molar-refractivity contribution in [2.24, 2.45) is 0 Å². The Morgan fingerprint density at radius 2 is 2.25 bits per heavy atom. The minimum absolute atomic E-state index is 0.136. The van der Waals surface area contributed by atoms with Crippen molar-refractivity contribution in [1.29, 1.82) is 0 Å². The molecular weight excluding hydrogens is 202 g/mol. The standard InChI is InChI=1S/C12H15N3O/c1-4-10-14-11(12(16)13-3)9-7-5-6-8(2)15(9)10/h5-7H,4H2,1-3H3,(H,13,16). The molecule has 4 heteroatoms. The Hall–Kier alpha value is -1.84. The van der Waals surface area contributed by atoms with Gasteiger partial charge in [-0.1, -0.05) is 13.0 Å². The SMILES string of the molecule is CCc1nc(C(=O)NC)c2cccc(C)n12. The number of aryl methyl sites for hydroxylation is 2. The summed E-state index contributed by atoms with van der Waals surface area (Å²) in [4.78, 5) is 16.1. The Bertz CT molecular complexity index is 542. The molecule has 0 fully saturated rings. The topological polar surface area (TPSA) is 46.4 Å². The van der Waals surface area contributed by atoms with Gasteiger partial charge >= 0.3 is 0 Å². The Kier molecular flexibility index (Phi) is 2.64. The molecule has 0 aliphatic carbocycles. The third-order valence-electron chi connectivity index (χ3n) is 2.69. The van der Waals surface area contributed by atoms with Crippen LogP contribution in [0.25, 0.3) is 5.52 Å². The van der Waals surface area contributed by atoms with Gasteiger partial charge in [-0.3, -0.25) is 4.79 Å². The number of hydrogen-bond acceptors (Lipinski definition) is 2. The zero-order valence-electron chi connectivity index (χ0n) is 9.74. The third kappa shape index (κ3) is 1.46. The zero-order valence-corrected chi connectivity index (χ0v) is 9.74. The molecule has 0 radical (unpaired) electrons. The number of amides is 1. The maximum Gasteiger partial charge on any atom is 0.271 e. The number of fused-ring (bicyclic) bond motifs is 1. The lowest BCUT2D eigenvalue weighted by Gasteiger charge is -2.02. The summed E-state index contributed by atoms with van der Waals surface area (Å²) in [5.74, 6) is 0.787. The molecule has 0 atom stereocenters. The minimum atomic E-state index is -0.136. The first-order valence-electron chi connectivity index (χ1n) is 5.38. The molecule has 0 unspecified atom stereocenters. The van der Waals surface area contributed by atoms with E-state index in [1.54, 1.807) is 7.05 Å². The second-order valence-corrected chi connectivity index (χ2v) is 3.70. The first-order valence-corrected chi connectivity index (χ1v) is 5.38. The van der Waals surface area contributed by atoms with Gasteiger partial charge in [-0.25, -0.2) is 4.98 Å². The van der Waals surface area contributed by atoms with Crippen LogP contribution in [0.3, 0.4) is 0 Å². The van der Waals surface area contributed by atoms with Gasteiger partial charge in [0.15, 0.2) is 5.69 Å². The maximum atomic E-state index is 11.7. The van der Waals surface area contributed by atoms with E-state index in [-0.39, 0.29) is 5.91 Å². The van der Waals surface area contributed by atoms with Gasteiger partial charge in [0.1, 0.15) is 5.82 Å². The molecule has 4 nitrogen and oxygen atoms in total. The van der Waals surface area contributed by atoms with Crippen LogP contribution in [0.15, 0.2) is 18.2 Å². The molecular formula is C12H15N3O. The fourth-order valence-electron chi connectivity index (χ4n) is 1.90. The van der Waals surface area contributed by atoms with E-state index < -0.39 is 0 Å². The Morgan fingerprint density at radius 1 is 1.50 bits per heavy atom. The van der Waals surface area contributed by atoms with Crippen LogP contribution in [0.1, 0.15) is 28.9 Å². The molecule has 0 aromatic carbocycles. The van der Waals surface area contributed by atoms with E-state index >= 15 is 0 Å². The predicted octanol–water partition coefficient (Wildman–Crippen LogP) is 1.56. The van der Waals surface area contributed by atoms with Crippen molar-refractivity contribution >= 4 is 11.4 Å². The summed E-state index contributed by atoms with van der Waals surface area (Å²) in [5.41, 5.74) is 2.47. The van der Waals surface area contributed by atoms with E-state index in [1.807, 2.05) is 36.4 Å². The van der Waals surface area contributed by atoms with Gasteiger partial charge < -0.3 is 9.72 Å². The molecule has 2 aromatic rings. The van der Waals surface area contributed by atoms with E-state index in [4.69, 9.17) is 0 Å². The fourth-order valence-corrected chi connectivity index (χ4v) is 1.90. The smallest absolute Gasteiger partial charge is 0.271 e. The van der Waals surface area contributed by atoms with Crippen LogP contribution in [-0.2, 0) is 6.42 Å². The highest BCUT2D eigenvalue weighted by atomic mass is 16.1. The second-order valence-electron chi connectivity index (χ2n) is 3.70. The normalized spacial score (nSPS) is 10.7. The van der Waals surface area contributed by atoms with Crippen LogP contribution in [0.2, 0.25) is 0 Å². The molecule has 84 valence electrons. The number of rotatable bonds is 2. The number of pyridine rings is 1. The number of hydrogen-bond donors (Lipinski definition) is 1. The largest absolute Gasteiger partial charge is 0.354 e. The average Bonchev–Trinajstić information content (AvgIpc) is 2.68. The van der Waals surface area contributed by atoms with Gasteiger partial charge in [0.25, 0.3) is 5.91 Å². The first kappa shape index (κ1) is 10.7. The molecule has 2 aromatic heterocycles. The molecule has 16 heavy (non-hydrogen) atoms. The summed E-state index contributed by atoms with van der Waals surface area (Å²) in [5, 5.41) is 2.62. The van der Waals surface area contributed by atoms with Crippen molar-refractivity contribution in [2.75, 3.05) is 7.05 Å². The number of imidazole rings is 1. The lowest BCUT2D eigenvalue weighted by Crippen LogP contribution is -2.18. The summed E-state index contributed by atoms with van der Waals surface area (Å²) in [6.45, 7) is 4.05. The molecule has 0 aliphatic heterocycles. The highest BCUT2D eigenvalue weighted by Gasteiger charge is 2.15. The number of aromatic nitrogens is 2. The monoisotopic (exact) mass is 217 g/mol. The van der Waals surface area contributed by atoms with Crippen LogP contribution in [0.5, 0.6) is 0 Å². The number of nitrogens with one attached hydrogen (secondary N) is 1. The van der Waals surface area contributed by atoms with Crippen LogP contribution < -0.4 is 5.32 Å². The summed E-state index contributed by atoms with van der Waals surface area (Å²) in [6, 6.07) is 5.88. The van der Waals surface area contributed by atoms with E-state index in [0.29, 0.717) is 5.69 Å². The number of nitrogens with zero attached hydrogens (tertiary/aromatic N) is 2. The van der Waals surface area contributed by atoms with E-state index in [0.717, 1.165) is 23.5 Å². The lowest BCUT2D eigenvalue weighted by molar-refractivity contribution is 0.0960. The summed E-state index contributed by atoms with van der Waals surface area (Å²) < 4.78 is 2.03. The van der Waals surface area contributed by atoms with Crippen molar-refractivity contribution in [3.05, 3.63) is 35.4 Å². The lowest BCUT2D eigenvalue weighted by atomic mass is 10.3. The summed E-state index contributed by atoms with van der Waals surface area (Å²) >= 11 is 0. The van der Waals surface area contributed by atoms with E-state index in [2.05, 4.69) is 10.3 Å². The molecule has 0 saturated carbocycles. The van der Waals surface area contributed by atoms with Crippen LogP contribution in [-0.4, -0.2) is 22.3 Å². The van der Waals surface area contributed by atoms with E-state index in [1.165, 1.54) is 0 Å². The average molecular weight is 217 g/mol. The third-order valence-corrected chi connectivity index (χ3v) is 2.69. The molecule has 0 saturated heterocycles. The highest BCUT2D eigenvalue weighted by molar-refractivity contribution is 5.99. The molecule has 2 heterocycles. The summed E-state index contributed by atoms with van der Waals surface area (Å²) in [7, 11) is 1.62. The Balaban J connectivity index is 2.78. The van der Waals surface area contributed by atoms with Crippen molar-refractivity contribution < 1.29 is 4.79 Å². The quantitative estimate of drug-likeness (QED) is 0.829. The van der Waals surface area contributed by atoms with Crippen molar-refractivity contribution in [3.8, 4) is 0 Å². The molecule has 0 bridgehead atoms. The van der Waals surface area contributed by atoms with Crippen LogP contribution >= 0.6 is 0 Å². The molecule has 1 N–H and O–H groups in total. The zero-order chi connectivity index (χ0) is 11.7.